The van der Waals surface area contributed by atoms with E-state index in [-0.39, 0.29) is 0 Å². The summed E-state index contributed by atoms with van der Waals surface area (Å²) < 4.78 is 38.6. The summed E-state index contributed by atoms with van der Waals surface area (Å²) in [6, 6.07) is 5.99. The van der Waals surface area contributed by atoms with Gasteiger partial charge in [-0.3, -0.25) is 0 Å². The van der Waals surface area contributed by atoms with Crippen LogP contribution >= 0.6 is 0 Å². The predicted octanol–water partition coefficient (Wildman–Crippen LogP) is 1.44. The van der Waals surface area contributed by atoms with Crippen LogP contribution in [-0.2, 0) is 0 Å². The summed E-state index contributed by atoms with van der Waals surface area (Å²) in [6.07, 6.45) is 3.19. The van der Waals surface area contributed by atoms with Crippen LogP contribution in [0.4, 0.5) is 18.6 Å². The Kier molecular flexibility index (Phi) is 3.24. The molecule has 1 heterocycles. The lowest BCUT2D eigenvalue weighted by Crippen LogP contribution is -3.09. The van der Waals surface area contributed by atoms with E-state index < -0.39 is 12.4 Å². The van der Waals surface area contributed by atoms with Crippen molar-refractivity contribution in [3.05, 3.63) is 24.3 Å². The van der Waals surface area contributed by atoms with E-state index in [2.05, 4.69) is 0 Å². The normalized spacial score (nSPS) is 18.7. The van der Waals surface area contributed by atoms with E-state index in [0.717, 1.165) is 37.3 Å². The molecule has 2 rings (SSSR count). The highest BCUT2D eigenvalue weighted by atomic mass is 19.4. The van der Waals surface area contributed by atoms with Gasteiger partial charge in [0, 0.05) is 0 Å². The van der Waals surface area contributed by atoms with Gasteiger partial charge in [-0.1, -0.05) is 18.2 Å². The molecule has 0 bridgehead atoms. The van der Waals surface area contributed by atoms with Crippen molar-refractivity contribution in [1.82, 2.24) is 0 Å². The molecule has 1 aromatic carbocycles. The Hall–Kier alpha value is -0.965. The van der Waals surface area contributed by atoms with E-state index >= 15 is 0 Å². The average Bonchev–Trinajstić information content (AvgIpc) is 2.29. The van der Waals surface area contributed by atoms with E-state index in [1.54, 1.807) is 12.1 Å². The van der Waals surface area contributed by atoms with Gasteiger partial charge in [0.25, 0.3) is 0 Å². The van der Waals surface area contributed by atoms with Crippen LogP contribution in [-0.4, -0.2) is 20.1 Å². The van der Waals surface area contributed by atoms with Crippen LogP contribution < -0.4 is 10.4 Å². The monoisotopic (exact) mass is 229 g/mol. The molecule has 1 aliphatic heterocycles. The van der Waals surface area contributed by atoms with E-state index in [1.807, 2.05) is 0 Å². The molecular weight excluding hydrogens is 214 g/mol. The van der Waals surface area contributed by atoms with Gasteiger partial charge in [0.1, 0.15) is 5.69 Å². The average molecular weight is 229 g/mol. The first-order valence-electron chi connectivity index (χ1n) is 5.73. The molecule has 1 fully saturated rings. The molecule has 1 aromatic rings. The molecule has 88 valence electrons. The van der Waals surface area contributed by atoms with Crippen molar-refractivity contribution in [3.8, 4) is 0 Å². The number of rotatable bonds is 2. The molecular formula is C11H15BF3N. The summed E-state index contributed by atoms with van der Waals surface area (Å²) in [5, 5.41) is 0. The van der Waals surface area contributed by atoms with E-state index in [4.69, 9.17) is 0 Å². The minimum absolute atomic E-state index is 0.417. The summed E-state index contributed by atoms with van der Waals surface area (Å²) in [6.45, 7) is -3.24. The number of hydrogen-bond donors (Lipinski definition) is 1. The second-order valence-electron chi connectivity index (χ2n) is 4.33. The topological polar surface area (TPSA) is 4.44 Å². The molecule has 0 radical (unpaired) electrons. The summed E-state index contributed by atoms with van der Waals surface area (Å²) >= 11 is 0. The molecule has 0 unspecified atom stereocenters. The van der Waals surface area contributed by atoms with Crippen LogP contribution in [0, 0.1) is 0 Å². The maximum atomic E-state index is 12.9. The molecule has 16 heavy (non-hydrogen) atoms. The lowest BCUT2D eigenvalue weighted by Gasteiger charge is -2.28. The Balaban J connectivity index is 2.32. The molecule has 0 amide bonds. The third-order valence-corrected chi connectivity index (χ3v) is 3.15. The van der Waals surface area contributed by atoms with Gasteiger partial charge in [-0.2, -0.15) is 0 Å². The fourth-order valence-corrected chi connectivity index (χ4v) is 2.35. The van der Waals surface area contributed by atoms with Crippen LogP contribution in [0.25, 0.3) is 0 Å². The van der Waals surface area contributed by atoms with E-state index in [1.165, 1.54) is 12.1 Å². The third-order valence-electron chi connectivity index (χ3n) is 3.15. The molecule has 0 spiro atoms. The highest BCUT2D eigenvalue weighted by Crippen LogP contribution is 2.13. The standard InChI is InChI=1S/C11H14BF3N/c13-12(14,15)10-6-2-3-7-11(10)16-8-4-1-5-9-16/h2-3,6-7H,1,4-5,8-9H2/q-1/p+1. The second kappa shape index (κ2) is 4.49. The Labute approximate surface area is 93.3 Å². The Bertz CT molecular complexity index is 358. The van der Waals surface area contributed by atoms with E-state index in [9.17, 15) is 12.9 Å². The summed E-state index contributed by atoms with van der Waals surface area (Å²) in [7, 11) is 0. The fourth-order valence-electron chi connectivity index (χ4n) is 2.35. The fraction of sp³-hybridized carbons (Fsp3) is 0.455. The van der Waals surface area contributed by atoms with Crippen LogP contribution in [0.15, 0.2) is 24.3 Å². The van der Waals surface area contributed by atoms with Gasteiger partial charge >= 0.3 is 6.98 Å². The second-order valence-corrected chi connectivity index (χ2v) is 4.33. The van der Waals surface area contributed by atoms with Crippen molar-refractivity contribution in [2.24, 2.45) is 0 Å². The molecule has 0 aromatic heterocycles. The largest absolute Gasteiger partial charge is 0.515 e. The van der Waals surface area contributed by atoms with Gasteiger partial charge in [-0.25, -0.2) is 0 Å². The highest BCUT2D eigenvalue weighted by Gasteiger charge is 2.32. The molecule has 0 atom stereocenters. The minimum atomic E-state index is -4.89. The first kappa shape index (κ1) is 11.5. The van der Waals surface area contributed by atoms with Crippen molar-refractivity contribution in [2.45, 2.75) is 19.3 Å². The van der Waals surface area contributed by atoms with Crippen molar-refractivity contribution in [3.63, 3.8) is 0 Å². The summed E-state index contributed by atoms with van der Waals surface area (Å²) in [5.41, 5.74) is 0.0223. The lowest BCUT2D eigenvalue weighted by molar-refractivity contribution is -0.837. The third kappa shape index (κ3) is 2.40. The predicted molar refractivity (Wildman–Crippen MR) is 59.4 cm³/mol. The van der Waals surface area contributed by atoms with Crippen LogP contribution in [0.2, 0.25) is 0 Å². The van der Waals surface area contributed by atoms with Crippen molar-refractivity contribution < 1.29 is 17.8 Å². The van der Waals surface area contributed by atoms with Gasteiger partial charge in [-0.15, -0.1) is 0 Å². The van der Waals surface area contributed by atoms with Crippen LogP contribution in [0.3, 0.4) is 0 Å². The smallest absolute Gasteiger partial charge is 0.445 e. The molecule has 1 aliphatic rings. The summed E-state index contributed by atoms with van der Waals surface area (Å²) in [4.78, 5) is 0.987. The number of quaternary nitrogens is 1. The van der Waals surface area contributed by atoms with Crippen LogP contribution in [0.1, 0.15) is 19.3 Å². The number of halogens is 3. The number of nitrogens with one attached hydrogen (secondary N) is 1. The molecule has 0 aliphatic carbocycles. The SMILES string of the molecule is F[B-](F)(F)c1ccccc1[NH+]1CCCCC1. The Morgan fingerprint density at radius 3 is 2.19 bits per heavy atom. The van der Waals surface area contributed by atoms with Gasteiger partial charge in [0.15, 0.2) is 0 Å². The maximum absolute atomic E-state index is 12.9. The van der Waals surface area contributed by atoms with Gasteiger partial charge in [-0.05, 0) is 30.8 Å². The molecule has 1 saturated heterocycles. The Morgan fingerprint density at radius 2 is 1.56 bits per heavy atom. The Morgan fingerprint density at radius 1 is 0.938 bits per heavy atom. The van der Waals surface area contributed by atoms with Gasteiger partial charge < -0.3 is 17.8 Å². The van der Waals surface area contributed by atoms with E-state index in [0.29, 0.717) is 5.69 Å². The van der Waals surface area contributed by atoms with Crippen molar-refractivity contribution >= 4 is 18.1 Å². The molecule has 1 N–H and O–H groups in total. The molecule has 0 saturated carbocycles. The van der Waals surface area contributed by atoms with Crippen molar-refractivity contribution in [2.75, 3.05) is 13.1 Å². The van der Waals surface area contributed by atoms with Crippen molar-refractivity contribution in [1.29, 1.82) is 0 Å². The zero-order valence-corrected chi connectivity index (χ0v) is 9.06. The first-order valence-corrected chi connectivity index (χ1v) is 5.73. The number of para-hydroxylation sites is 1. The maximum Gasteiger partial charge on any atom is 0.515 e. The highest BCUT2D eigenvalue weighted by molar-refractivity contribution is 6.74. The van der Waals surface area contributed by atoms with Crippen LogP contribution in [0.5, 0.6) is 0 Å². The zero-order valence-electron chi connectivity index (χ0n) is 9.06. The number of hydrogen-bond acceptors (Lipinski definition) is 0. The van der Waals surface area contributed by atoms with Gasteiger partial charge in [0.2, 0.25) is 0 Å². The lowest BCUT2D eigenvalue weighted by atomic mass is 9.78. The quantitative estimate of drug-likeness (QED) is 0.732. The molecule has 5 heteroatoms. The number of piperidine rings is 1. The minimum Gasteiger partial charge on any atom is -0.445 e. The first-order chi connectivity index (χ1) is 7.59. The van der Waals surface area contributed by atoms with Gasteiger partial charge in [0.05, 0.1) is 13.1 Å². The number of benzene rings is 1. The molecule has 1 nitrogen and oxygen atoms in total. The summed E-state index contributed by atoms with van der Waals surface area (Å²) in [5.74, 6) is 0. The zero-order chi connectivity index (χ0) is 11.6.